The van der Waals surface area contributed by atoms with Crippen LogP contribution < -0.4 is 11.5 Å². The summed E-state index contributed by atoms with van der Waals surface area (Å²) in [5, 5.41) is 8.73. The second kappa shape index (κ2) is 2.40. The van der Waals surface area contributed by atoms with Crippen LogP contribution in [0.3, 0.4) is 0 Å². The second-order valence-electron chi connectivity index (χ2n) is 2.79. The maximum atomic E-state index is 8.73. The predicted molar refractivity (Wildman–Crippen MR) is 43.1 cm³/mol. The summed E-state index contributed by atoms with van der Waals surface area (Å²) in [4.78, 5) is 0. The van der Waals surface area contributed by atoms with Crippen LogP contribution in [-0.2, 0) is 0 Å². The molecule has 0 aromatic heterocycles. The summed E-state index contributed by atoms with van der Waals surface area (Å²) in [5.41, 5.74) is 11.1. The molecule has 11 heavy (non-hydrogen) atoms. The zero-order chi connectivity index (χ0) is 8.48. The smallest absolute Gasteiger partial charge is 0.131 e. The van der Waals surface area contributed by atoms with Crippen LogP contribution in [0.15, 0.2) is 23.9 Å². The highest BCUT2D eigenvalue weighted by molar-refractivity contribution is 5.34. The fraction of sp³-hybridized carbons (Fsp3) is 0.375. The average Bonchev–Trinajstić information content (AvgIpc) is 2.00. The third-order valence-corrected chi connectivity index (χ3v) is 2.07. The van der Waals surface area contributed by atoms with Crippen LogP contribution >= 0.6 is 0 Å². The number of allylic oxidation sites excluding steroid dienone is 2. The molecule has 0 amide bonds. The van der Waals surface area contributed by atoms with Gasteiger partial charge in [0.2, 0.25) is 0 Å². The lowest BCUT2D eigenvalue weighted by molar-refractivity contribution is 0.488. The number of hydrogen-bond acceptors (Lipinski definition) is 3. The minimum atomic E-state index is -0.918. The van der Waals surface area contributed by atoms with Crippen molar-refractivity contribution in [3.63, 3.8) is 0 Å². The summed E-state index contributed by atoms with van der Waals surface area (Å²) < 4.78 is 0. The van der Waals surface area contributed by atoms with Gasteiger partial charge < -0.3 is 11.5 Å². The Morgan fingerprint density at radius 3 is 2.82 bits per heavy atom. The number of rotatable bonds is 0. The van der Waals surface area contributed by atoms with Crippen molar-refractivity contribution in [3.8, 4) is 6.07 Å². The quantitative estimate of drug-likeness (QED) is 0.518. The van der Waals surface area contributed by atoms with Gasteiger partial charge in [-0.1, -0.05) is 13.0 Å². The van der Waals surface area contributed by atoms with Crippen LogP contribution in [0.4, 0.5) is 0 Å². The van der Waals surface area contributed by atoms with Crippen molar-refractivity contribution < 1.29 is 0 Å². The zero-order valence-corrected chi connectivity index (χ0v) is 6.41. The molecule has 2 atom stereocenters. The van der Waals surface area contributed by atoms with Crippen molar-refractivity contribution in [1.29, 1.82) is 5.26 Å². The van der Waals surface area contributed by atoms with E-state index in [0.717, 1.165) is 0 Å². The molecule has 1 rings (SSSR count). The van der Waals surface area contributed by atoms with Gasteiger partial charge in [-0.25, -0.2) is 0 Å². The van der Waals surface area contributed by atoms with E-state index in [-0.39, 0.29) is 5.92 Å². The third kappa shape index (κ3) is 1.13. The van der Waals surface area contributed by atoms with Crippen molar-refractivity contribution >= 4 is 0 Å². The van der Waals surface area contributed by atoms with E-state index in [1.807, 2.05) is 13.0 Å². The Labute approximate surface area is 66.0 Å². The van der Waals surface area contributed by atoms with Gasteiger partial charge in [0, 0.05) is 11.6 Å². The fourth-order valence-corrected chi connectivity index (χ4v) is 1.02. The van der Waals surface area contributed by atoms with Crippen LogP contribution in [0.5, 0.6) is 0 Å². The van der Waals surface area contributed by atoms with E-state index in [4.69, 9.17) is 16.7 Å². The van der Waals surface area contributed by atoms with Crippen molar-refractivity contribution in [2.75, 3.05) is 0 Å². The molecule has 2 unspecified atom stereocenters. The van der Waals surface area contributed by atoms with E-state index in [1.54, 1.807) is 18.2 Å². The van der Waals surface area contributed by atoms with E-state index in [0.29, 0.717) is 5.70 Å². The van der Waals surface area contributed by atoms with E-state index in [1.165, 1.54) is 0 Å². The molecule has 1 aliphatic carbocycles. The zero-order valence-electron chi connectivity index (χ0n) is 6.41. The van der Waals surface area contributed by atoms with E-state index < -0.39 is 5.54 Å². The van der Waals surface area contributed by atoms with Crippen LogP contribution in [0.2, 0.25) is 0 Å². The molecule has 58 valence electrons. The van der Waals surface area contributed by atoms with Crippen molar-refractivity contribution in [1.82, 2.24) is 0 Å². The summed E-state index contributed by atoms with van der Waals surface area (Å²) in [6.45, 7) is 1.85. The molecule has 0 heterocycles. The van der Waals surface area contributed by atoms with Gasteiger partial charge in [0.1, 0.15) is 5.54 Å². The molecular formula is C8H11N3. The maximum absolute atomic E-state index is 8.73. The van der Waals surface area contributed by atoms with Gasteiger partial charge in [0.05, 0.1) is 6.07 Å². The van der Waals surface area contributed by atoms with Crippen LogP contribution in [-0.4, -0.2) is 5.54 Å². The van der Waals surface area contributed by atoms with E-state index in [2.05, 4.69) is 0 Å². The molecule has 0 fully saturated rings. The van der Waals surface area contributed by atoms with Gasteiger partial charge in [-0.3, -0.25) is 0 Å². The lowest BCUT2D eigenvalue weighted by atomic mass is 9.82. The number of nitrogens with zero attached hydrogens (tertiary/aromatic N) is 1. The number of nitrogens with two attached hydrogens (primary N) is 2. The Morgan fingerprint density at radius 2 is 2.36 bits per heavy atom. The summed E-state index contributed by atoms with van der Waals surface area (Å²) in [5.74, 6) is -0.0995. The Hall–Kier alpha value is -1.27. The summed E-state index contributed by atoms with van der Waals surface area (Å²) in [6, 6.07) is 2.03. The van der Waals surface area contributed by atoms with Gasteiger partial charge in [-0.05, 0) is 12.2 Å². The Kier molecular flexibility index (Phi) is 1.71. The van der Waals surface area contributed by atoms with Gasteiger partial charge in [0.25, 0.3) is 0 Å². The van der Waals surface area contributed by atoms with E-state index >= 15 is 0 Å². The van der Waals surface area contributed by atoms with Gasteiger partial charge in [-0.2, -0.15) is 5.26 Å². The maximum Gasteiger partial charge on any atom is 0.131 e. The Balaban J connectivity index is 3.00. The number of hydrogen-bond donors (Lipinski definition) is 2. The van der Waals surface area contributed by atoms with Crippen molar-refractivity contribution in [3.05, 3.63) is 23.9 Å². The van der Waals surface area contributed by atoms with E-state index in [9.17, 15) is 0 Å². The molecule has 0 saturated carbocycles. The molecule has 3 nitrogen and oxygen atoms in total. The molecule has 0 bridgehead atoms. The Morgan fingerprint density at radius 1 is 1.73 bits per heavy atom. The molecule has 0 aromatic rings. The van der Waals surface area contributed by atoms with Crippen molar-refractivity contribution in [2.45, 2.75) is 12.5 Å². The minimum absolute atomic E-state index is 0.0995. The first kappa shape index (κ1) is 7.83. The first-order chi connectivity index (χ1) is 5.10. The Bertz CT molecular complexity index is 259. The van der Waals surface area contributed by atoms with Crippen LogP contribution in [0, 0.1) is 17.2 Å². The third-order valence-electron chi connectivity index (χ3n) is 2.07. The standard InChI is InChI=1S/C8H11N3/c1-6-7(10)3-2-4-8(6,11)5-9/h2-4,6H,10-11H2,1H3. The van der Waals surface area contributed by atoms with Gasteiger partial charge in [-0.15, -0.1) is 0 Å². The topological polar surface area (TPSA) is 75.8 Å². The molecule has 0 aliphatic heterocycles. The first-order valence-corrected chi connectivity index (χ1v) is 3.45. The summed E-state index contributed by atoms with van der Waals surface area (Å²) >= 11 is 0. The molecule has 3 heteroatoms. The highest BCUT2D eigenvalue weighted by atomic mass is 14.8. The van der Waals surface area contributed by atoms with Crippen LogP contribution in [0.25, 0.3) is 0 Å². The SMILES string of the molecule is CC1C(N)=CC=CC1(N)C#N. The lowest BCUT2D eigenvalue weighted by Gasteiger charge is -2.27. The summed E-state index contributed by atoms with van der Waals surface area (Å²) in [6.07, 6.45) is 5.17. The second-order valence-corrected chi connectivity index (χ2v) is 2.79. The monoisotopic (exact) mass is 149 g/mol. The van der Waals surface area contributed by atoms with Gasteiger partial charge >= 0.3 is 0 Å². The highest BCUT2D eigenvalue weighted by Crippen LogP contribution is 2.23. The number of nitriles is 1. The minimum Gasteiger partial charge on any atom is -0.402 e. The molecule has 4 N–H and O–H groups in total. The molecular weight excluding hydrogens is 138 g/mol. The largest absolute Gasteiger partial charge is 0.402 e. The lowest BCUT2D eigenvalue weighted by Crippen LogP contribution is -2.45. The predicted octanol–water partition coefficient (Wildman–Crippen LogP) is 0.256. The molecule has 0 spiro atoms. The van der Waals surface area contributed by atoms with Crippen molar-refractivity contribution in [2.24, 2.45) is 17.4 Å². The molecule has 0 radical (unpaired) electrons. The molecule has 0 aromatic carbocycles. The molecule has 1 aliphatic rings. The first-order valence-electron chi connectivity index (χ1n) is 3.45. The molecule has 0 saturated heterocycles. The average molecular weight is 149 g/mol. The normalized spacial score (nSPS) is 36.1. The fourth-order valence-electron chi connectivity index (χ4n) is 1.02. The van der Waals surface area contributed by atoms with Gasteiger partial charge in [0.15, 0.2) is 0 Å². The van der Waals surface area contributed by atoms with Crippen LogP contribution in [0.1, 0.15) is 6.92 Å². The highest BCUT2D eigenvalue weighted by Gasteiger charge is 2.32. The summed E-state index contributed by atoms with van der Waals surface area (Å²) in [7, 11) is 0.